The van der Waals surface area contributed by atoms with E-state index in [2.05, 4.69) is 0 Å². The molecule has 0 saturated carbocycles. The van der Waals surface area contributed by atoms with Crippen LogP contribution in [0.25, 0.3) is 0 Å². The van der Waals surface area contributed by atoms with E-state index in [1.54, 1.807) is 6.92 Å². The smallest absolute Gasteiger partial charge is 0.312 e. The van der Waals surface area contributed by atoms with E-state index in [9.17, 15) is 4.79 Å². The van der Waals surface area contributed by atoms with Crippen LogP contribution in [0.3, 0.4) is 0 Å². The van der Waals surface area contributed by atoms with Gasteiger partial charge in [0.2, 0.25) is 0 Å². The monoisotopic (exact) mass is 173 g/mol. The van der Waals surface area contributed by atoms with E-state index in [4.69, 9.17) is 15.2 Å². The van der Waals surface area contributed by atoms with Crippen molar-refractivity contribution in [2.75, 3.05) is 19.8 Å². The highest BCUT2D eigenvalue weighted by molar-refractivity contribution is 5.73. The van der Waals surface area contributed by atoms with Crippen molar-refractivity contribution < 1.29 is 14.3 Å². The number of ether oxygens (including phenoxy) is 2. The number of rotatable bonds is 2. The third kappa shape index (κ3) is 2.19. The molecule has 70 valence electrons. The maximum atomic E-state index is 11.2. The quantitative estimate of drug-likeness (QED) is 0.593. The molecule has 0 spiro atoms. The maximum Gasteiger partial charge on any atom is 0.312 e. The fraction of sp³-hybridized carbons (Fsp3) is 0.875. The van der Waals surface area contributed by atoms with E-state index >= 15 is 0 Å². The third-order valence-electron chi connectivity index (χ3n) is 2.00. The van der Waals surface area contributed by atoms with E-state index in [1.165, 1.54) is 0 Å². The number of esters is 1. The lowest BCUT2D eigenvalue weighted by Gasteiger charge is -2.26. The number of hydrogen-bond donors (Lipinski definition) is 1. The van der Waals surface area contributed by atoms with Crippen molar-refractivity contribution in [3.63, 3.8) is 0 Å². The highest BCUT2D eigenvalue weighted by Gasteiger charge is 2.29. The van der Waals surface area contributed by atoms with Crippen LogP contribution in [0.5, 0.6) is 0 Å². The second kappa shape index (κ2) is 4.42. The van der Waals surface area contributed by atoms with E-state index in [1.807, 2.05) is 0 Å². The van der Waals surface area contributed by atoms with Gasteiger partial charge in [0.15, 0.2) is 0 Å². The Morgan fingerprint density at radius 2 is 2.50 bits per heavy atom. The van der Waals surface area contributed by atoms with Crippen LogP contribution in [0.15, 0.2) is 0 Å². The molecule has 0 aliphatic carbocycles. The summed E-state index contributed by atoms with van der Waals surface area (Å²) in [5, 5.41) is 0. The van der Waals surface area contributed by atoms with Gasteiger partial charge in [-0.25, -0.2) is 0 Å². The lowest BCUT2D eigenvalue weighted by molar-refractivity contribution is -0.153. The summed E-state index contributed by atoms with van der Waals surface area (Å²) in [7, 11) is 0. The summed E-state index contributed by atoms with van der Waals surface area (Å²) in [6, 6.07) is -0.0993. The Balaban J connectivity index is 2.42. The van der Waals surface area contributed by atoms with Gasteiger partial charge in [-0.2, -0.15) is 0 Å². The minimum absolute atomic E-state index is 0.0993. The zero-order valence-electron chi connectivity index (χ0n) is 7.29. The lowest BCUT2D eigenvalue weighted by atomic mass is 9.97. The van der Waals surface area contributed by atoms with Crippen LogP contribution < -0.4 is 5.73 Å². The standard InChI is InChI=1S/C8H15NO3/c1-2-12-8(10)6-5-11-4-3-7(6)9/h6-7H,2-5,9H2,1H3. The molecule has 4 nitrogen and oxygen atoms in total. The highest BCUT2D eigenvalue weighted by atomic mass is 16.5. The van der Waals surface area contributed by atoms with E-state index < -0.39 is 0 Å². The van der Waals surface area contributed by atoms with Gasteiger partial charge in [-0.15, -0.1) is 0 Å². The molecule has 0 aromatic carbocycles. The largest absolute Gasteiger partial charge is 0.466 e. The van der Waals surface area contributed by atoms with E-state index in [0.717, 1.165) is 6.42 Å². The van der Waals surface area contributed by atoms with Gasteiger partial charge < -0.3 is 15.2 Å². The maximum absolute atomic E-state index is 11.2. The van der Waals surface area contributed by atoms with Gasteiger partial charge >= 0.3 is 5.97 Å². The fourth-order valence-corrected chi connectivity index (χ4v) is 1.25. The van der Waals surface area contributed by atoms with Crippen molar-refractivity contribution in [3.8, 4) is 0 Å². The molecule has 2 unspecified atom stereocenters. The van der Waals surface area contributed by atoms with Crippen molar-refractivity contribution in [2.24, 2.45) is 11.7 Å². The number of hydrogen-bond acceptors (Lipinski definition) is 4. The van der Waals surface area contributed by atoms with Gasteiger partial charge in [0.25, 0.3) is 0 Å². The van der Waals surface area contributed by atoms with Crippen LogP contribution in [0.1, 0.15) is 13.3 Å². The van der Waals surface area contributed by atoms with E-state index in [0.29, 0.717) is 19.8 Å². The first-order valence-electron chi connectivity index (χ1n) is 4.25. The number of nitrogens with two attached hydrogens (primary N) is 1. The van der Waals surface area contributed by atoms with Gasteiger partial charge in [0, 0.05) is 12.6 Å². The van der Waals surface area contributed by atoms with Gasteiger partial charge in [0.1, 0.15) is 0 Å². The molecule has 0 aromatic heterocycles. The molecule has 1 saturated heterocycles. The van der Waals surface area contributed by atoms with Crippen molar-refractivity contribution in [3.05, 3.63) is 0 Å². The second-order valence-corrected chi connectivity index (χ2v) is 2.89. The van der Waals surface area contributed by atoms with Gasteiger partial charge in [0.05, 0.1) is 19.1 Å². The molecule has 1 aliphatic heterocycles. The third-order valence-corrected chi connectivity index (χ3v) is 2.00. The summed E-state index contributed by atoms with van der Waals surface area (Å²) in [6.07, 6.45) is 0.740. The Hall–Kier alpha value is -0.610. The Labute approximate surface area is 72.0 Å². The minimum atomic E-state index is -0.265. The van der Waals surface area contributed by atoms with Crippen LogP contribution in [-0.4, -0.2) is 31.8 Å². The van der Waals surface area contributed by atoms with Gasteiger partial charge in [-0.1, -0.05) is 0 Å². The number of carbonyl (C=O) groups excluding carboxylic acids is 1. The molecule has 1 aliphatic rings. The minimum Gasteiger partial charge on any atom is -0.466 e. The molecule has 2 atom stereocenters. The molecular weight excluding hydrogens is 158 g/mol. The highest BCUT2D eigenvalue weighted by Crippen LogP contribution is 2.13. The zero-order valence-corrected chi connectivity index (χ0v) is 7.29. The molecule has 0 aromatic rings. The SMILES string of the molecule is CCOC(=O)C1COCCC1N. The number of carbonyl (C=O) groups is 1. The lowest BCUT2D eigenvalue weighted by Crippen LogP contribution is -2.43. The molecular formula is C8H15NO3. The molecule has 0 amide bonds. The summed E-state index contributed by atoms with van der Waals surface area (Å²) >= 11 is 0. The first-order chi connectivity index (χ1) is 5.75. The van der Waals surface area contributed by atoms with Crippen LogP contribution in [-0.2, 0) is 14.3 Å². The molecule has 1 heterocycles. The average Bonchev–Trinajstić information content (AvgIpc) is 2.05. The van der Waals surface area contributed by atoms with Gasteiger partial charge in [-0.05, 0) is 13.3 Å². The molecule has 0 bridgehead atoms. The first kappa shape index (κ1) is 9.48. The molecule has 0 radical (unpaired) electrons. The predicted octanol–water partition coefficient (Wildman–Crippen LogP) is -0.0867. The molecule has 1 fully saturated rings. The van der Waals surface area contributed by atoms with Crippen molar-refractivity contribution in [2.45, 2.75) is 19.4 Å². The Bertz CT molecular complexity index is 160. The zero-order chi connectivity index (χ0) is 8.97. The van der Waals surface area contributed by atoms with Gasteiger partial charge in [-0.3, -0.25) is 4.79 Å². The van der Waals surface area contributed by atoms with Crippen LogP contribution >= 0.6 is 0 Å². The summed E-state index contributed by atoms with van der Waals surface area (Å²) < 4.78 is 9.99. The molecule has 2 N–H and O–H groups in total. The summed E-state index contributed by atoms with van der Waals surface area (Å²) in [4.78, 5) is 11.2. The fourth-order valence-electron chi connectivity index (χ4n) is 1.25. The van der Waals surface area contributed by atoms with Crippen LogP contribution in [0.2, 0.25) is 0 Å². The normalized spacial score (nSPS) is 29.8. The second-order valence-electron chi connectivity index (χ2n) is 2.89. The molecule has 12 heavy (non-hydrogen) atoms. The summed E-state index contributed by atoms with van der Waals surface area (Å²) in [5.41, 5.74) is 5.73. The Morgan fingerprint density at radius 3 is 3.08 bits per heavy atom. The Kier molecular flexibility index (Phi) is 3.49. The topological polar surface area (TPSA) is 61.5 Å². The molecule has 1 rings (SSSR count). The Morgan fingerprint density at radius 1 is 1.75 bits per heavy atom. The predicted molar refractivity (Wildman–Crippen MR) is 43.5 cm³/mol. The van der Waals surface area contributed by atoms with Crippen LogP contribution in [0, 0.1) is 5.92 Å². The average molecular weight is 173 g/mol. The van der Waals surface area contributed by atoms with Crippen molar-refractivity contribution in [1.29, 1.82) is 0 Å². The van der Waals surface area contributed by atoms with E-state index in [-0.39, 0.29) is 17.9 Å². The first-order valence-corrected chi connectivity index (χ1v) is 4.25. The molecule has 4 heteroatoms. The summed E-state index contributed by atoms with van der Waals surface area (Å²) in [5.74, 6) is -0.497. The van der Waals surface area contributed by atoms with Crippen molar-refractivity contribution in [1.82, 2.24) is 0 Å². The van der Waals surface area contributed by atoms with Crippen molar-refractivity contribution >= 4 is 5.97 Å². The van der Waals surface area contributed by atoms with Crippen LogP contribution in [0.4, 0.5) is 0 Å². The summed E-state index contributed by atoms with van der Waals surface area (Å²) in [6.45, 7) is 3.24.